The van der Waals surface area contributed by atoms with E-state index in [1.54, 1.807) is 12.3 Å². The van der Waals surface area contributed by atoms with Crippen LogP contribution in [0.2, 0.25) is 0 Å². The van der Waals surface area contributed by atoms with Gasteiger partial charge in [-0.25, -0.2) is 9.78 Å². The van der Waals surface area contributed by atoms with E-state index >= 15 is 0 Å². The molecule has 6 nitrogen and oxygen atoms in total. The molecular weight excluding hydrogens is 246 g/mol. The Labute approximate surface area is 109 Å². The monoisotopic (exact) mass is 259 g/mol. The van der Waals surface area contributed by atoms with Crippen molar-refractivity contribution >= 4 is 22.8 Å². The van der Waals surface area contributed by atoms with E-state index in [0.29, 0.717) is 10.9 Å². The SMILES string of the molecule is CCCC=Cn1c(=O)ncc2ccc([N+](=O)[O-])cc21. The summed E-state index contributed by atoms with van der Waals surface area (Å²) in [6.45, 7) is 2.03. The smallest absolute Gasteiger partial charge is 0.267 e. The van der Waals surface area contributed by atoms with Crippen molar-refractivity contribution in [2.75, 3.05) is 0 Å². The van der Waals surface area contributed by atoms with Gasteiger partial charge in [-0.05, 0) is 12.5 Å². The molecule has 0 amide bonds. The van der Waals surface area contributed by atoms with Crippen LogP contribution in [0.4, 0.5) is 5.69 Å². The van der Waals surface area contributed by atoms with Gasteiger partial charge in [0.2, 0.25) is 0 Å². The summed E-state index contributed by atoms with van der Waals surface area (Å²) in [5, 5.41) is 11.5. The van der Waals surface area contributed by atoms with E-state index in [1.807, 2.05) is 13.0 Å². The first-order valence-corrected chi connectivity index (χ1v) is 5.96. The quantitative estimate of drug-likeness (QED) is 0.624. The van der Waals surface area contributed by atoms with Crippen LogP contribution in [-0.2, 0) is 0 Å². The largest absolute Gasteiger partial charge is 0.352 e. The van der Waals surface area contributed by atoms with Crippen LogP contribution in [0.1, 0.15) is 19.8 Å². The number of hydrogen-bond acceptors (Lipinski definition) is 4. The summed E-state index contributed by atoms with van der Waals surface area (Å²) < 4.78 is 1.33. The fraction of sp³-hybridized carbons (Fsp3) is 0.231. The second-order valence-electron chi connectivity index (χ2n) is 4.08. The minimum absolute atomic E-state index is 0.0456. The summed E-state index contributed by atoms with van der Waals surface area (Å²) in [5.41, 5.74) is -0.00218. The maximum absolute atomic E-state index is 11.7. The van der Waals surface area contributed by atoms with E-state index in [9.17, 15) is 14.9 Å². The number of non-ortho nitro benzene ring substituents is 1. The molecule has 1 aromatic heterocycles. The van der Waals surface area contributed by atoms with E-state index in [-0.39, 0.29) is 5.69 Å². The third kappa shape index (κ3) is 2.67. The number of benzene rings is 1. The van der Waals surface area contributed by atoms with E-state index in [2.05, 4.69) is 4.98 Å². The van der Waals surface area contributed by atoms with E-state index in [1.165, 1.54) is 22.9 Å². The highest BCUT2D eigenvalue weighted by Crippen LogP contribution is 2.19. The molecule has 0 bridgehead atoms. The zero-order chi connectivity index (χ0) is 13.8. The third-order valence-corrected chi connectivity index (χ3v) is 2.71. The molecule has 0 unspecified atom stereocenters. The van der Waals surface area contributed by atoms with Crippen LogP contribution >= 0.6 is 0 Å². The van der Waals surface area contributed by atoms with E-state index < -0.39 is 10.6 Å². The Morgan fingerprint density at radius 1 is 1.47 bits per heavy atom. The lowest BCUT2D eigenvalue weighted by Crippen LogP contribution is -2.18. The summed E-state index contributed by atoms with van der Waals surface area (Å²) in [6.07, 6.45) is 6.68. The van der Waals surface area contributed by atoms with Crippen molar-refractivity contribution in [3.05, 3.63) is 51.1 Å². The average molecular weight is 259 g/mol. The Hall–Kier alpha value is -2.50. The van der Waals surface area contributed by atoms with Gasteiger partial charge < -0.3 is 0 Å². The Kier molecular flexibility index (Phi) is 3.70. The number of rotatable bonds is 4. The van der Waals surface area contributed by atoms with Gasteiger partial charge in [0.25, 0.3) is 5.69 Å². The van der Waals surface area contributed by atoms with Gasteiger partial charge in [-0.2, -0.15) is 0 Å². The molecule has 0 radical (unpaired) electrons. The van der Waals surface area contributed by atoms with Crippen molar-refractivity contribution < 1.29 is 4.92 Å². The molecule has 0 aliphatic carbocycles. The van der Waals surface area contributed by atoms with Gasteiger partial charge in [-0.15, -0.1) is 0 Å². The fourth-order valence-corrected chi connectivity index (χ4v) is 1.74. The number of nitro groups is 1. The predicted molar refractivity (Wildman–Crippen MR) is 72.9 cm³/mol. The lowest BCUT2D eigenvalue weighted by Gasteiger charge is -2.04. The number of nitro benzene ring substituents is 1. The fourth-order valence-electron chi connectivity index (χ4n) is 1.74. The van der Waals surface area contributed by atoms with E-state index in [0.717, 1.165) is 12.8 Å². The predicted octanol–water partition coefficient (Wildman–Crippen LogP) is 2.58. The van der Waals surface area contributed by atoms with Gasteiger partial charge in [0, 0.05) is 29.9 Å². The van der Waals surface area contributed by atoms with Crippen molar-refractivity contribution in [2.24, 2.45) is 0 Å². The number of hydrogen-bond donors (Lipinski definition) is 0. The van der Waals surface area contributed by atoms with Gasteiger partial charge >= 0.3 is 5.69 Å². The minimum Gasteiger partial charge on any atom is -0.267 e. The molecule has 6 heteroatoms. The Morgan fingerprint density at radius 3 is 2.95 bits per heavy atom. The first-order chi connectivity index (χ1) is 9.13. The van der Waals surface area contributed by atoms with Gasteiger partial charge in [0.05, 0.1) is 10.4 Å². The van der Waals surface area contributed by atoms with Crippen LogP contribution in [-0.4, -0.2) is 14.5 Å². The van der Waals surface area contributed by atoms with Gasteiger partial charge in [-0.1, -0.05) is 19.4 Å². The maximum Gasteiger partial charge on any atom is 0.352 e. The van der Waals surface area contributed by atoms with Gasteiger partial charge in [0.1, 0.15) is 0 Å². The molecule has 0 aliphatic heterocycles. The topological polar surface area (TPSA) is 78.0 Å². The molecule has 2 aromatic rings. The molecule has 0 fully saturated rings. The standard InChI is InChI=1S/C13H13N3O3/c1-2-3-4-7-15-12-8-11(16(18)19)6-5-10(12)9-14-13(15)17/h4-9H,2-3H2,1H3. The second kappa shape index (κ2) is 5.43. The Balaban J connectivity index is 2.65. The van der Waals surface area contributed by atoms with Gasteiger partial charge in [0.15, 0.2) is 0 Å². The maximum atomic E-state index is 11.7. The van der Waals surface area contributed by atoms with E-state index in [4.69, 9.17) is 0 Å². The summed E-state index contributed by atoms with van der Waals surface area (Å²) >= 11 is 0. The molecule has 0 atom stereocenters. The zero-order valence-corrected chi connectivity index (χ0v) is 10.4. The molecular formula is C13H13N3O3. The van der Waals surface area contributed by atoms with Gasteiger partial charge in [-0.3, -0.25) is 14.7 Å². The normalized spacial score (nSPS) is 11.2. The second-order valence-corrected chi connectivity index (χ2v) is 4.08. The van der Waals surface area contributed by atoms with Crippen molar-refractivity contribution in [1.82, 2.24) is 9.55 Å². The van der Waals surface area contributed by atoms with Crippen LogP contribution in [0.25, 0.3) is 17.1 Å². The lowest BCUT2D eigenvalue weighted by atomic mass is 10.2. The molecule has 19 heavy (non-hydrogen) atoms. The average Bonchev–Trinajstić information content (AvgIpc) is 2.40. The highest BCUT2D eigenvalue weighted by Gasteiger charge is 2.09. The first kappa shape index (κ1) is 12.9. The van der Waals surface area contributed by atoms with Crippen LogP contribution in [0.15, 0.2) is 35.3 Å². The van der Waals surface area contributed by atoms with Crippen molar-refractivity contribution in [2.45, 2.75) is 19.8 Å². The van der Waals surface area contributed by atoms with Crippen molar-refractivity contribution in [3.63, 3.8) is 0 Å². The molecule has 0 saturated heterocycles. The number of allylic oxidation sites excluding steroid dienone is 1. The Bertz CT molecular complexity index is 704. The minimum atomic E-state index is -0.482. The summed E-state index contributed by atoms with van der Waals surface area (Å²) in [4.78, 5) is 25.8. The molecule has 1 heterocycles. The summed E-state index contributed by atoms with van der Waals surface area (Å²) in [6, 6.07) is 4.37. The summed E-state index contributed by atoms with van der Waals surface area (Å²) in [7, 11) is 0. The first-order valence-electron chi connectivity index (χ1n) is 5.96. The highest BCUT2D eigenvalue weighted by molar-refractivity contribution is 5.82. The third-order valence-electron chi connectivity index (χ3n) is 2.71. The molecule has 0 aliphatic rings. The number of aromatic nitrogens is 2. The highest BCUT2D eigenvalue weighted by atomic mass is 16.6. The zero-order valence-electron chi connectivity index (χ0n) is 10.4. The van der Waals surface area contributed by atoms with Crippen LogP contribution in [0, 0.1) is 10.1 Å². The number of unbranched alkanes of at least 4 members (excludes halogenated alkanes) is 1. The molecule has 1 aromatic carbocycles. The molecule has 0 spiro atoms. The number of fused-ring (bicyclic) bond motifs is 1. The summed E-state index contributed by atoms with van der Waals surface area (Å²) in [5.74, 6) is 0. The molecule has 2 rings (SSSR count). The molecule has 0 saturated carbocycles. The molecule has 0 N–H and O–H groups in total. The Morgan fingerprint density at radius 2 is 2.26 bits per heavy atom. The van der Waals surface area contributed by atoms with Crippen molar-refractivity contribution in [3.8, 4) is 0 Å². The number of nitrogens with zero attached hydrogens (tertiary/aromatic N) is 3. The lowest BCUT2D eigenvalue weighted by molar-refractivity contribution is -0.384. The van der Waals surface area contributed by atoms with Crippen molar-refractivity contribution in [1.29, 1.82) is 0 Å². The molecule has 98 valence electrons. The van der Waals surface area contributed by atoms with Crippen LogP contribution < -0.4 is 5.69 Å². The van der Waals surface area contributed by atoms with Crippen LogP contribution in [0.5, 0.6) is 0 Å². The van der Waals surface area contributed by atoms with Crippen LogP contribution in [0.3, 0.4) is 0 Å².